The predicted octanol–water partition coefficient (Wildman–Crippen LogP) is 3.26. The number of piperazine rings is 1. The number of fused-ring (bicyclic) bond motifs is 1. The van der Waals surface area contributed by atoms with E-state index in [2.05, 4.69) is 31.5 Å². The van der Waals surface area contributed by atoms with E-state index in [0.29, 0.717) is 31.3 Å². The van der Waals surface area contributed by atoms with Crippen molar-refractivity contribution in [3.05, 3.63) is 63.9 Å². The third-order valence-corrected chi connectivity index (χ3v) is 5.30. The van der Waals surface area contributed by atoms with Crippen molar-refractivity contribution < 1.29 is 4.79 Å². The van der Waals surface area contributed by atoms with Crippen LogP contribution in [0.25, 0.3) is 11.0 Å². The quantitative estimate of drug-likeness (QED) is 0.700. The summed E-state index contributed by atoms with van der Waals surface area (Å²) in [6, 6.07) is 16.1. The van der Waals surface area contributed by atoms with Gasteiger partial charge in [-0.05, 0) is 36.0 Å². The van der Waals surface area contributed by atoms with Gasteiger partial charge in [-0.1, -0.05) is 41.9 Å². The maximum absolute atomic E-state index is 11.7. The van der Waals surface area contributed by atoms with Gasteiger partial charge in [0.1, 0.15) is 0 Å². The fourth-order valence-electron chi connectivity index (χ4n) is 3.36. The third kappa shape index (κ3) is 3.40. The van der Waals surface area contributed by atoms with Crippen LogP contribution in [0.3, 0.4) is 0 Å². The Kier molecular flexibility index (Phi) is 4.80. The molecule has 1 saturated heterocycles. The fraction of sp³-hybridized carbons (Fsp3) is 0.263. The average molecular weight is 387 g/mol. The minimum atomic E-state index is 0.0498. The lowest BCUT2D eigenvalue weighted by Crippen LogP contribution is -2.47. The lowest BCUT2D eigenvalue weighted by molar-refractivity contribution is -0.124. The number of nitrogens with one attached hydrogen (secondary N) is 1. The molecular formula is C19H19ClN4OS. The van der Waals surface area contributed by atoms with E-state index in [1.807, 2.05) is 36.4 Å². The van der Waals surface area contributed by atoms with E-state index in [-0.39, 0.29) is 5.91 Å². The SMILES string of the molecule is O=C1CN(Cn2c(=S)n(Cc3ccccc3)c3ccc(Cl)cc32)CCN1. The fourth-order valence-corrected chi connectivity index (χ4v) is 3.85. The second-order valence-electron chi connectivity index (χ2n) is 6.46. The van der Waals surface area contributed by atoms with E-state index in [9.17, 15) is 4.79 Å². The maximum Gasteiger partial charge on any atom is 0.234 e. The smallest absolute Gasteiger partial charge is 0.234 e. The highest BCUT2D eigenvalue weighted by Crippen LogP contribution is 2.24. The summed E-state index contributed by atoms with van der Waals surface area (Å²) < 4.78 is 4.93. The van der Waals surface area contributed by atoms with Crippen molar-refractivity contribution in [2.75, 3.05) is 19.6 Å². The Hall–Kier alpha value is -2.15. The van der Waals surface area contributed by atoms with Gasteiger partial charge in [0.25, 0.3) is 0 Å². The molecule has 26 heavy (non-hydrogen) atoms. The van der Waals surface area contributed by atoms with Crippen LogP contribution in [-0.2, 0) is 18.0 Å². The number of benzene rings is 2. The number of hydrogen-bond donors (Lipinski definition) is 1. The lowest BCUT2D eigenvalue weighted by Gasteiger charge is -2.26. The molecule has 7 heteroatoms. The van der Waals surface area contributed by atoms with Gasteiger partial charge in [0.05, 0.1) is 30.8 Å². The normalized spacial score (nSPS) is 15.3. The van der Waals surface area contributed by atoms with Crippen LogP contribution in [0.15, 0.2) is 48.5 Å². The van der Waals surface area contributed by atoms with Gasteiger partial charge in [-0.3, -0.25) is 9.69 Å². The zero-order chi connectivity index (χ0) is 18.1. The minimum absolute atomic E-state index is 0.0498. The van der Waals surface area contributed by atoms with Gasteiger partial charge in [-0.15, -0.1) is 0 Å². The molecule has 134 valence electrons. The highest BCUT2D eigenvalue weighted by Gasteiger charge is 2.19. The molecule has 3 aromatic rings. The predicted molar refractivity (Wildman–Crippen MR) is 106 cm³/mol. The van der Waals surface area contributed by atoms with E-state index in [0.717, 1.165) is 22.3 Å². The molecule has 0 atom stereocenters. The van der Waals surface area contributed by atoms with Crippen molar-refractivity contribution in [3.63, 3.8) is 0 Å². The monoisotopic (exact) mass is 386 g/mol. The molecule has 5 nitrogen and oxygen atoms in total. The average Bonchev–Trinajstić information content (AvgIpc) is 2.88. The summed E-state index contributed by atoms with van der Waals surface area (Å²) in [6.07, 6.45) is 0. The Bertz CT molecular complexity index is 1010. The number of nitrogens with zero attached hydrogens (tertiary/aromatic N) is 3. The van der Waals surface area contributed by atoms with Crippen LogP contribution in [0.2, 0.25) is 5.02 Å². The van der Waals surface area contributed by atoms with Gasteiger partial charge in [-0.2, -0.15) is 0 Å². The molecule has 1 aromatic heterocycles. The Morgan fingerprint density at radius 2 is 1.88 bits per heavy atom. The van der Waals surface area contributed by atoms with Crippen molar-refractivity contribution in [3.8, 4) is 0 Å². The third-order valence-electron chi connectivity index (χ3n) is 4.62. The topological polar surface area (TPSA) is 42.2 Å². The molecule has 2 heterocycles. The van der Waals surface area contributed by atoms with Crippen molar-refractivity contribution in [2.24, 2.45) is 0 Å². The molecule has 1 N–H and O–H groups in total. The minimum Gasteiger partial charge on any atom is -0.354 e. The van der Waals surface area contributed by atoms with Crippen molar-refractivity contribution in [1.29, 1.82) is 0 Å². The Labute approximate surface area is 161 Å². The van der Waals surface area contributed by atoms with Gasteiger partial charge >= 0.3 is 0 Å². The Morgan fingerprint density at radius 1 is 1.08 bits per heavy atom. The molecule has 0 radical (unpaired) electrons. The molecule has 0 aliphatic carbocycles. The van der Waals surface area contributed by atoms with E-state index < -0.39 is 0 Å². The van der Waals surface area contributed by atoms with Crippen LogP contribution in [0, 0.1) is 4.77 Å². The summed E-state index contributed by atoms with van der Waals surface area (Å²) in [6.45, 7) is 3.12. The number of amides is 1. The first-order valence-corrected chi connectivity index (χ1v) is 9.32. The van der Waals surface area contributed by atoms with Gasteiger partial charge in [0.15, 0.2) is 4.77 Å². The largest absolute Gasteiger partial charge is 0.354 e. The van der Waals surface area contributed by atoms with Crippen molar-refractivity contribution in [1.82, 2.24) is 19.4 Å². The zero-order valence-electron chi connectivity index (χ0n) is 14.2. The van der Waals surface area contributed by atoms with Gasteiger partial charge < -0.3 is 14.5 Å². The first-order chi connectivity index (χ1) is 12.6. The summed E-state index contributed by atoms with van der Waals surface area (Å²) in [5.41, 5.74) is 3.23. The molecule has 1 aliphatic rings. The summed E-state index contributed by atoms with van der Waals surface area (Å²) >= 11 is 12.0. The van der Waals surface area contributed by atoms with E-state index >= 15 is 0 Å². The molecule has 4 rings (SSSR count). The lowest BCUT2D eigenvalue weighted by atomic mass is 10.2. The van der Waals surface area contributed by atoms with Crippen LogP contribution < -0.4 is 5.32 Å². The van der Waals surface area contributed by atoms with E-state index in [1.165, 1.54) is 5.56 Å². The molecule has 0 saturated carbocycles. The van der Waals surface area contributed by atoms with Crippen LogP contribution in [0.1, 0.15) is 5.56 Å². The van der Waals surface area contributed by atoms with Crippen LogP contribution in [0.5, 0.6) is 0 Å². The number of carbonyl (C=O) groups is 1. The number of aromatic nitrogens is 2. The molecule has 0 unspecified atom stereocenters. The van der Waals surface area contributed by atoms with Crippen molar-refractivity contribution in [2.45, 2.75) is 13.2 Å². The zero-order valence-corrected chi connectivity index (χ0v) is 15.8. The number of imidazole rings is 1. The Morgan fingerprint density at radius 3 is 2.65 bits per heavy atom. The van der Waals surface area contributed by atoms with Crippen molar-refractivity contribution >= 4 is 40.8 Å². The molecule has 0 spiro atoms. The molecule has 2 aromatic carbocycles. The Balaban J connectivity index is 1.76. The maximum atomic E-state index is 11.7. The molecule has 1 amide bonds. The molecule has 1 aliphatic heterocycles. The van der Waals surface area contributed by atoms with E-state index in [4.69, 9.17) is 23.8 Å². The highest BCUT2D eigenvalue weighted by molar-refractivity contribution is 7.71. The second-order valence-corrected chi connectivity index (χ2v) is 7.26. The first kappa shape index (κ1) is 17.3. The standard InChI is InChI=1S/C19H19ClN4OS/c20-15-6-7-16-17(10-15)24(13-22-9-8-21-18(25)12-22)19(26)23(16)11-14-4-2-1-3-5-14/h1-7,10H,8-9,11-13H2,(H,21,25). The second kappa shape index (κ2) is 7.23. The van der Waals surface area contributed by atoms with Crippen LogP contribution >= 0.6 is 23.8 Å². The molecular weight excluding hydrogens is 368 g/mol. The highest BCUT2D eigenvalue weighted by atomic mass is 35.5. The number of hydrogen-bond acceptors (Lipinski definition) is 3. The number of carbonyl (C=O) groups excluding carboxylic acids is 1. The van der Waals surface area contributed by atoms with E-state index in [1.54, 1.807) is 0 Å². The summed E-state index contributed by atoms with van der Waals surface area (Å²) in [5.74, 6) is 0.0498. The summed E-state index contributed by atoms with van der Waals surface area (Å²) in [4.78, 5) is 13.8. The number of halogens is 1. The first-order valence-electron chi connectivity index (χ1n) is 8.53. The molecule has 1 fully saturated rings. The summed E-state index contributed by atoms with van der Waals surface area (Å²) in [5, 5.41) is 3.53. The number of rotatable bonds is 4. The van der Waals surface area contributed by atoms with Gasteiger partial charge in [-0.25, -0.2) is 0 Å². The van der Waals surface area contributed by atoms with Gasteiger partial charge in [0, 0.05) is 18.1 Å². The van der Waals surface area contributed by atoms with Crippen LogP contribution in [-0.4, -0.2) is 39.6 Å². The van der Waals surface area contributed by atoms with Crippen LogP contribution in [0.4, 0.5) is 0 Å². The van der Waals surface area contributed by atoms with Gasteiger partial charge in [0.2, 0.25) is 5.91 Å². The summed E-state index contributed by atoms with van der Waals surface area (Å²) in [7, 11) is 0. The molecule has 0 bridgehead atoms.